The molecular weight excluding hydrogens is 296 g/mol. The van der Waals surface area contributed by atoms with Gasteiger partial charge in [-0.3, -0.25) is 19.4 Å². The number of amides is 3. The largest absolute Gasteiger partial charge is 0.352 e. The molecule has 1 aliphatic rings. The van der Waals surface area contributed by atoms with Gasteiger partial charge >= 0.3 is 0 Å². The molecule has 0 atom stereocenters. The van der Waals surface area contributed by atoms with Crippen LogP contribution in [0.5, 0.6) is 0 Å². The molecule has 0 spiro atoms. The van der Waals surface area contributed by atoms with Crippen LogP contribution in [0.1, 0.15) is 34.7 Å². The van der Waals surface area contributed by atoms with E-state index in [2.05, 4.69) is 10.3 Å². The molecule has 7 heteroatoms. The Hall–Kier alpha value is -2.44. The topological polar surface area (TPSA) is 82.6 Å². The second-order valence-corrected chi connectivity index (χ2v) is 5.97. The number of carbonyl (C=O) groups is 3. The van der Waals surface area contributed by atoms with Gasteiger partial charge in [-0.05, 0) is 18.1 Å². The van der Waals surface area contributed by atoms with Crippen LogP contribution in [0.2, 0.25) is 0 Å². The van der Waals surface area contributed by atoms with Crippen molar-refractivity contribution in [2.24, 2.45) is 5.92 Å². The molecule has 0 bridgehead atoms. The fraction of sp³-hybridized carbons (Fsp3) is 0.500. The number of carbonyl (C=O) groups excluding carboxylic acids is 3. The van der Waals surface area contributed by atoms with Crippen molar-refractivity contribution in [2.45, 2.75) is 13.8 Å². The summed E-state index contributed by atoms with van der Waals surface area (Å²) in [4.78, 5) is 42.6. The zero-order valence-electron chi connectivity index (χ0n) is 13.5. The summed E-state index contributed by atoms with van der Waals surface area (Å²) in [7, 11) is 0. The van der Waals surface area contributed by atoms with Crippen LogP contribution >= 0.6 is 0 Å². The molecule has 1 saturated heterocycles. The van der Waals surface area contributed by atoms with E-state index in [0.717, 1.165) is 6.41 Å². The summed E-state index contributed by atoms with van der Waals surface area (Å²) in [5, 5.41) is 2.82. The van der Waals surface area contributed by atoms with Crippen molar-refractivity contribution in [1.29, 1.82) is 0 Å². The number of aromatic nitrogens is 1. The molecular formula is C16H22N4O3. The van der Waals surface area contributed by atoms with Gasteiger partial charge in [0.05, 0.1) is 0 Å². The molecule has 1 aromatic rings. The van der Waals surface area contributed by atoms with E-state index in [4.69, 9.17) is 0 Å². The van der Waals surface area contributed by atoms with E-state index >= 15 is 0 Å². The molecule has 2 rings (SSSR count). The predicted molar refractivity (Wildman–Crippen MR) is 84.9 cm³/mol. The molecule has 3 amide bonds. The van der Waals surface area contributed by atoms with Crippen LogP contribution in [-0.2, 0) is 4.79 Å². The van der Waals surface area contributed by atoms with E-state index in [1.54, 1.807) is 15.9 Å². The van der Waals surface area contributed by atoms with Crippen LogP contribution in [-0.4, -0.2) is 65.7 Å². The lowest BCUT2D eigenvalue weighted by atomic mass is 10.1. The minimum Gasteiger partial charge on any atom is -0.352 e. The molecule has 124 valence electrons. The van der Waals surface area contributed by atoms with Crippen molar-refractivity contribution in [3.63, 3.8) is 0 Å². The summed E-state index contributed by atoms with van der Waals surface area (Å²) in [6.45, 7) is 6.60. The van der Waals surface area contributed by atoms with Crippen LogP contribution < -0.4 is 5.32 Å². The Balaban J connectivity index is 2.03. The fourth-order valence-corrected chi connectivity index (χ4v) is 2.28. The Morgan fingerprint density at radius 3 is 2.61 bits per heavy atom. The van der Waals surface area contributed by atoms with E-state index in [1.807, 2.05) is 13.8 Å². The van der Waals surface area contributed by atoms with Crippen LogP contribution in [0.25, 0.3) is 0 Å². The number of nitrogens with zero attached hydrogens (tertiary/aromatic N) is 3. The van der Waals surface area contributed by atoms with Gasteiger partial charge in [-0.1, -0.05) is 13.8 Å². The van der Waals surface area contributed by atoms with Crippen molar-refractivity contribution in [1.82, 2.24) is 20.1 Å². The van der Waals surface area contributed by atoms with E-state index in [9.17, 15) is 14.4 Å². The normalized spacial score (nSPS) is 14.7. The highest BCUT2D eigenvalue weighted by molar-refractivity contribution is 5.98. The van der Waals surface area contributed by atoms with Crippen molar-refractivity contribution in [3.05, 3.63) is 29.6 Å². The lowest BCUT2D eigenvalue weighted by Crippen LogP contribution is -2.48. The minimum absolute atomic E-state index is 0.207. The molecule has 0 unspecified atom stereocenters. The third-order valence-electron chi connectivity index (χ3n) is 3.66. The average Bonchev–Trinajstić information content (AvgIpc) is 2.59. The van der Waals surface area contributed by atoms with Crippen molar-refractivity contribution in [3.8, 4) is 0 Å². The molecule has 0 aliphatic carbocycles. The van der Waals surface area contributed by atoms with Crippen LogP contribution in [0.3, 0.4) is 0 Å². The van der Waals surface area contributed by atoms with E-state index in [0.29, 0.717) is 44.2 Å². The van der Waals surface area contributed by atoms with Crippen LogP contribution in [0.15, 0.2) is 18.3 Å². The standard InChI is InChI=1S/C16H22N4O3/c1-12(2)10-18-15(22)13-3-4-17-14(9-13)16(23)20-7-5-19(11-21)6-8-20/h3-4,9,11-12H,5-8,10H2,1-2H3,(H,18,22). The van der Waals surface area contributed by atoms with Gasteiger partial charge in [-0.2, -0.15) is 0 Å². The zero-order valence-corrected chi connectivity index (χ0v) is 13.5. The van der Waals surface area contributed by atoms with E-state index in [-0.39, 0.29) is 17.5 Å². The first-order valence-corrected chi connectivity index (χ1v) is 7.74. The van der Waals surface area contributed by atoms with Gasteiger partial charge in [0.2, 0.25) is 6.41 Å². The molecule has 7 nitrogen and oxygen atoms in total. The summed E-state index contributed by atoms with van der Waals surface area (Å²) in [6.07, 6.45) is 2.26. The molecule has 0 aromatic carbocycles. The number of pyridine rings is 1. The van der Waals surface area contributed by atoms with Gasteiger partial charge in [0.1, 0.15) is 5.69 Å². The smallest absolute Gasteiger partial charge is 0.272 e. The maximum Gasteiger partial charge on any atom is 0.272 e. The third-order valence-corrected chi connectivity index (χ3v) is 3.66. The Morgan fingerprint density at radius 2 is 2.00 bits per heavy atom. The lowest BCUT2D eigenvalue weighted by molar-refractivity contribution is -0.119. The van der Waals surface area contributed by atoms with Gasteiger partial charge in [-0.25, -0.2) is 0 Å². The summed E-state index contributed by atoms with van der Waals surface area (Å²) in [5.74, 6) is -0.0639. The minimum atomic E-state index is -0.214. The summed E-state index contributed by atoms with van der Waals surface area (Å²) < 4.78 is 0. The Bertz CT molecular complexity index is 580. The highest BCUT2D eigenvalue weighted by Gasteiger charge is 2.22. The van der Waals surface area contributed by atoms with Gasteiger partial charge in [0.15, 0.2) is 0 Å². The maximum absolute atomic E-state index is 12.5. The number of piperazine rings is 1. The molecule has 1 aliphatic heterocycles. The highest BCUT2D eigenvalue weighted by Crippen LogP contribution is 2.08. The van der Waals surface area contributed by atoms with Crippen molar-refractivity contribution < 1.29 is 14.4 Å². The first-order chi connectivity index (χ1) is 11.0. The number of nitrogens with one attached hydrogen (secondary N) is 1. The van der Waals surface area contributed by atoms with Gasteiger partial charge in [-0.15, -0.1) is 0 Å². The maximum atomic E-state index is 12.5. The fourth-order valence-electron chi connectivity index (χ4n) is 2.28. The van der Waals surface area contributed by atoms with Gasteiger partial charge in [0, 0.05) is 44.5 Å². The molecule has 23 heavy (non-hydrogen) atoms. The number of hydrogen-bond acceptors (Lipinski definition) is 4. The van der Waals surface area contributed by atoms with Crippen molar-refractivity contribution >= 4 is 18.2 Å². The van der Waals surface area contributed by atoms with Gasteiger partial charge in [0.25, 0.3) is 11.8 Å². The van der Waals surface area contributed by atoms with Crippen LogP contribution in [0.4, 0.5) is 0 Å². The zero-order chi connectivity index (χ0) is 16.8. The third kappa shape index (κ3) is 4.51. The predicted octanol–water partition coefficient (Wildman–Crippen LogP) is 0.382. The van der Waals surface area contributed by atoms with E-state index in [1.165, 1.54) is 12.3 Å². The highest BCUT2D eigenvalue weighted by atomic mass is 16.2. The first kappa shape index (κ1) is 16.9. The average molecular weight is 318 g/mol. The quantitative estimate of drug-likeness (QED) is 0.796. The summed E-state index contributed by atoms with van der Waals surface area (Å²) in [5.41, 5.74) is 0.678. The SMILES string of the molecule is CC(C)CNC(=O)c1ccnc(C(=O)N2CCN(C=O)CC2)c1. The molecule has 1 fully saturated rings. The monoisotopic (exact) mass is 318 g/mol. The number of rotatable bonds is 5. The first-order valence-electron chi connectivity index (χ1n) is 7.74. The Kier molecular flexibility index (Phi) is 5.67. The molecule has 0 saturated carbocycles. The van der Waals surface area contributed by atoms with E-state index < -0.39 is 0 Å². The van der Waals surface area contributed by atoms with Crippen LogP contribution in [0, 0.1) is 5.92 Å². The molecule has 1 aromatic heterocycles. The Morgan fingerprint density at radius 1 is 1.30 bits per heavy atom. The number of hydrogen-bond donors (Lipinski definition) is 1. The lowest BCUT2D eigenvalue weighted by Gasteiger charge is -2.32. The molecule has 1 N–H and O–H groups in total. The second kappa shape index (κ2) is 7.71. The Labute approximate surface area is 135 Å². The van der Waals surface area contributed by atoms with Gasteiger partial charge < -0.3 is 15.1 Å². The molecule has 0 radical (unpaired) electrons. The molecule has 2 heterocycles. The summed E-state index contributed by atoms with van der Waals surface area (Å²) in [6, 6.07) is 3.11. The second-order valence-electron chi connectivity index (χ2n) is 5.97. The summed E-state index contributed by atoms with van der Waals surface area (Å²) >= 11 is 0. The van der Waals surface area contributed by atoms with Crippen molar-refractivity contribution in [2.75, 3.05) is 32.7 Å².